The van der Waals surface area contributed by atoms with E-state index in [0.717, 1.165) is 11.3 Å². The van der Waals surface area contributed by atoms with E-state index < -0.39 is 0 Å². The minimum absolute atomic E-state index is 0.209. The number of carbonyl (C=O) groups excluding carboxylic acids is 1. The molecular formula is C18H19NO3. The standard InChI is InChI=1S/C18H19NO3/c1-13-8-10-15(11-9-13)19-18(20)14(2)12-22-17-7-5-4-6-16(17)21-3/h4-12H,1-3H3,(H,19,20). The molecule has 0 radical (unpaired) electrons. The van der Waals surface area contributed by atoms with E-state index in [4.69, 9.17) is 9.47 Å². The van der Waals surface area contributed by atoms with Gasteiger partial charge in [0.05, 0.1) is 13.4 Å². The predicted molar refractivity (Wildman–Crippen MR) is 87.2 cm³/mol. The van der Waals surface area contributed by atoms with E-state index in [1.54, 1.807) is 26.2 Å². The number of aryl methyl sites for hydroxylation is 1. The molecule has 1 N–H and O–H groups in total. The van der Waals surface area contributed by atoms with Gasteiger partial charge in [0.2, 0.25) is 0 Å². The molecule has 0 aliphatic rings. The number of anilines is 1. The maximum atomic E-state index is 12.1. The summed E-state index contributed by atoms with van der Waals surface area (Å²) in [4.78, 5) is 12.1. The molecule has 0 heterocycles. The van der Waals surface area contributed by atoms with Crippen molar-refractivity contribution >= 4 is 11.6 Å². The van der Waals surface area contributed by atoms with Gasteiger partial charge in [0, 0.05) is 11.3 Å². The number of hydrogen-bond acceptors (Lipinski definition) is 3. The van der Waals surface area contributed by atoms with Crippen molar-refractivity contribution in [1.29, 1.82) is 0 Å². The van der Waals surface area contributed by atoms with Crippen LogP contribution in [0, 0.1) is 6.92 Å². The van der Waals surface area contributed by atoms with Crippen LogP contribution in [0.1, 0.15) is 12.5 Å². The largest absolute Gasteiger partial charge is 0.493 e. The molecular weight excluding hydrogens is 278 g/mol. The van der Waals surface area contributed by atoms with Crippen molar-refractivity contribution in [3.8, 4) is 11.5 Å². The Labute approximate surface area is 130 Å². The number of methoxy groups -OCH3 is 1. The fourth-order valence-electron chi connectivity index (χ4n) is 1.79. The molecule has 2 rings (SSSR count). The average Bonchev–Trinajstić information content (AvgIpc) is 2.54. The van der Waals surface area contributed by atoms with Crippen molar-refractivity contribution in [1.82, 2.24) is 0 Å². The number of amides is 1. The molecule has 0 aliphatic heterocycles. The Bertz CT molecular complexity index is 675. The van der Waals surface area contributed by atoms with Gasteiger partial charge < -0.3 is 14.8 Å². The first-order valence-corrected chi connectivity index (χ1v) is 6.94. The van der Waals surface area contributed by atoms with Gasteiger partial charge in [-0.2, -0.15) is 0 Å². The molecule has 0 saturated heterocycles. The van der Waals surface area contributed by atoms with Crippen LogP contribution in [0.3, 0.4) is 0 Å². The molecule has 0 spiro atoms. The first-order chi connectivity index (χ1) is 10.6. The zero-order valence-corrected chi connectivity index (χ0v) is 12.9. The van der Waals surface area contributed by atoms with Crippen molar-refractivity contribution in [2.75, 3.05) is 12.4 Å². The molecule has 2 aromatic rings. The van der Waals surface area contributed by atoms with E-state index in [-0.39, 0.29) is 5.91 Å². The van der Waals surface area contributed by atoms with Gasteiger partial charge in [-0.25, -0.2) is 0 Å². The van der Waals surface area contributed by atoms with Crippen LogP contribution in [-0.4, -0.2) is 13.0 Å². The third-order valence-electron chi connectivity index (χ3n) is 3.10. The van der Waals surface area contributed by atoms with Crippen LogP contribution >= 0.6 is 0 Å². The molecule has 4 nitrogen and oxygen atoms in total. The van der Waals surface area contributed by atoms with Crippen molar-refractivity contribution in [2.45, 2.75) is 13.8 Å². The third kappa shape index (κ3) is 4.12. The number of hydrogen-bond donors (Lipinski definition) is 1. The summed E-state index contributed by atoms with van der Waals surface area (Å²) >= 11 is 0. The molecule has 0 atom stereocenters. The van der Waals surface area contributed by atoms with E-state index in [1.165, 1.54) is 6.26 Å². The topological polar surface area (TPSA) is 47.6 Å². The number of ether oxygens (including phenoxy) is 2. The fraction of sp³-hybridized carbons (Fsp3) is 0.167. The molecule has 0 fully saturated rings. The Hall–Kier alpha value is -2.75. The molecule has 0 unspecified atom stereocenters. The third-order valence-corrected chi connectivity index (χ3v) is 3.10. The van der Waals surface area contributed by atoms with Crippen LogP contribution in [0.2, 0.25) is 0 Å². The molecule has 0 aromatic heterocycles. The van der Waals surface area contributed by atoms with Gasteiger partial charge in [-0.1, -0.05) is 29.8 Å². The van der Waals surface area contributed by atoms with Gasteiger partial charge in [0.25, 0.3) is 5.91 Å². The van der Waals surface area contributed by atoms with Crippen molar-refractivity contribution < 1.29 is 14.3 Å². The monoisotopic (exact) mass is 297 g/mol. The quantitative estimate of drug-likeness (QED) is 0.672. The highest BCUT2D eigenvalue weighted by atomic mass is 16.5. The number of nitrogens with one attached hydrogen (secondary N) is 1. The minimum Gasteiger partial charge on any atom is -0.493 e. The lowest BCUT2D eigenvalue weighted by molar-refractivity contribution is -0.112. The molecule has 114 valence electrons. The number of benzene rings is 2. The lowest BCUT2D eigenvalue weighted by Gasteiger charge is -2.08. The van der Waals surface area contributed by atoms with E-state index in [0.29, 0.717) is 17.1 Å². The van der Waals surface area contributed by atoms with Crippen LogP contribution in [0.5, 0.6) is 11.5 Å². The van der Waals surface area contributed by atoms with E-state index >= 15 is 0 Å². The van der Waals surface area contributed by atoms with Gasteiger partial charge in [-0.05, 0) is 38.1 Å². The summed E-state index contributed by atoms with van der Waals surface area (Å²) in [6.45, 7) is 3.69. The van der Waals surface area contributed by atoms with E-state index in [9.17, 15) is 4.79 Å². The molecule has 2 aromatic carbocycles. The Morgan fingerprint density at radius 1 is 1.05 bits per heavy atom. The number of rotatable bonds is 5. The highest BCUT2D eigenvalue weighted by molar-refractivity contribution is 6.03. The van der Waals surface area contributed by atoms with Gasteiger partial charge >= 0.3 is 0 Å². The molecule has 1 amide bonds. The Balaban J connectivity index is 2.02. The predicted octanol–water partition coefficient (Wildman–Crippen LogP) is 3.92. The van der Waals surface area contributed by atoms with E-state index in [1.807, 2.05) is 43.3 Å². The zero-order valence-electron chi connectivity index (χ0n) is 12.9. The normalized spacial score (nSPS) is 11.0. The average molecular weight is 297 g/mol. The highest BCUT2D eigenvalue weighted by Crippen LogP contribution is 2.26. The summed E-state index contributed by atoms with van der Waals surface area (Å²) < 4.78 is 10.7. The van der Waals surface area contributed by atoms with Crippen LogP contribution in [0.4, 0.5) is 5.69 Å². The summed E-state index contributed by atoms with van der Waals surface area (Å²) in [6, 6.07) is 14.9. The molecule has 4 heteroatoms. The smallest absolute Gasteiger partial charge is 0.254 e. The van der Waals surface area contributed by atoms with Crippen molar-refractivity contribution in [3.63, 3.8) is 0 Å². The first-order valence-electron chi connectivity index (χ1n) is 6.94. The summed E-state index contributed by atoms with van der Waals surface area (Å²) in [5.74, 6) is 0.969. The Morgan fingerprint density at radius 3 is 2.32 bits per heavy atom. The fourth-order valence-corrected chi connectivity index (χ4v) is 1.79. The number of para-hydroxylation sites is 2. The minimum atomic E-state index is -0.209. The van der Waals surface area contributed by atoms with Crippen LogP contribution in [0.15, 0.2) is 60.4 Å². The van der Waals surface area contributed by atoms with Gasteiger partial charge in [-0.3, -0.25) is 4.79 Å². The SMILES string of the molecule is COc1ccccc1OC=C(C)C(=O)Nc1ccc(C)cc1. The lowest BCUT2D eigenvalue weighted by atomic mass is 10.2. The molecule has 0 saturated carbocycles. The maximum absolute atomic E-state index is 12.1. The van der Waals surface area contributed by atoms with Crippen LogP contribution in [0.25, 0.3) is 0 Å². The van der Waals surface area contributed by atoms with Gasteiger partial charge in [0.1, 0.15) is 0 Å². The van der Waals surface area contributed by atoms with Crippen LogP contribution in [-0.2, 0) is 4.79 Å². The Kier molecular flexibility index (Phi) is 5.20. The summed E-state index contributed by atoms with van der Waals surface area (Å²) in [7, 11) is 1.57. The number of carbonyl (C=O) groups is 1. The molecule has 0 aliphatic carbocycles. The second-order valence-corrected chi connectivity index (χ2v) is 4.89. The summed E-state index contributed by atoms with van der Waals surface area (Å²) in [6.07, 6.45) is 1.42. The van der Waals surface area contributed by atoms with Crippen molar-refractivity contribution in [3.05, 3.63) is 65.9 Å². The molecule has 22 heavy (non-hydrogen) atoms. The lowest BCUT2D eigenvalue weighted by Crippen LogP contribution is -2.13. The van der Waals surface area contributed by atoms with Crippen LogP contribution < -0.4 is 14.8 Å². The highest BCUT2D eigenvalue weighted by Gasteiger charge is 2.07. The van der Waals surface area contributed by atoms with Gasteiger partial charge in [-0.15, -0.1) is 0 Å². The van der Waals surface area contributed by atoms with E-state index in [2.05, 4.69) is 5.32 Å². The molecule has 0 bridgehead atoms. The maximum Gasteiger partial charge on any atom is 0.254 e. The first kappa shape index (κ1) is 15.6. The summed E-state index contributed by atoms with van der Waals surface area (Å²) in [5.41, 5.74) is 2.36. The summed E-state index contributed by atoms with van der Waals surface area (Å²) in [5, 5.41) is 2.82. The second-order valence-electron chi connectivity index (χ2n) is 4.89. The van der Waals surface area contributed by atoms with Gasteiger partial charge in [0.15, 0.2) is 11.5 Å². The van der Waals surface area contributed by atoms with Crippen molar-refractivity contribution in [2.24, 2.45) is 0 Å². The second kappa shape index (κ2) is 7.31. The zero-order chi connectivity index (χ0) is 15.9. The Morgan fingerprint density at radius 2 is 1.68 bits per heavy atom.